The van der Waals surface area contributed by atoms with Gasteiger partial charge < -0.3 is 5.32 Å². The number of aromatic nitrogens is 1. The Bertz CT molecular complexity index is 722. The number of aryl methyl sites for hydroxylation is 1. The molecule has 0 bridgehead atoms. The van der Waals surface area contributed by atoms with Gasteiger partial charge in [0, 0.05) is 10.4 Å². The van der Waals surface area contributed by atoms with Crippen molar-refractivity contribution in [3.63, 3.8) is 0 Å². The molecule has 4 heteroatoms. The molecule has 3 aromatic rings. The molecular weight excluding hydrogens is 271 g/mol. The Kier molecular flexibility index (Phi) is 3.48. The lowest BCUT2D eigenvalue weighted by atomic mass is 10.1. The van der Waals surface area contributed by atoms with Gasteiger partial charge in [0.05, 0.1) is 11.4 Å². The summed E-state index contributed by atoms with van der Waals surface area (Å²) in [6.45, 7) is 2.02. The highest BCUT2D eigenvalue weighted by Gasteiger charge is 2.10. The Morgan fingerprint density at radius 2 is 1.70 bits per heavy atom. The van der Waals surface area contributed by atoms with E-state index in [1.54, 1.807) is 18.2 Å². The van der Waals surface area contributed by atoms with Crippen LogP contribution in [0.25, 0.3) is 11.3 Å². The van der Waals surface area contributed by atoms with E-state index in [-0.39, 0.29) is 5.82 Å². The number of anilines is 2. The molecule has 0 fully saturated rings. The Morgan fingerprint density at radius 1 is 1.00 bits per heavy atom. The highest BCUT2D eigenvalue weighted by atomic mass is 32.1. The summed E-state index contributed by atoms with van der Waals surface area (Å²) in [5, 5.41) is 3.74. The van der Waals surface area contributed by atoms with Crippen molar-refractivity contribution in [2.45, 2.75) is 6.92 Å². The second kappa shape index (κ2) is 5.43. The van der Waals surface area contributed by atoms with Gasteiger partial charge in [-0.2, -0.15) is 0 Å². The smallest absolute Gasteiger partial charge is 0.188 e. The molecule has 2 aromatic carbocycles. The fraction of sp³-hybridized carbons (Fsp3) is 0.0625. The molecular formula is C16H13FN2S. The summed E-state index contributed by atoms with van der Waals surface area (Å²) in [5.74, 6) is -0.276. The molecule has 0 amide bonds. The third kappa shape index (κ3) is 2.56. The zero-order valence-corrected chi connectivity index (χ0v) is 11.7. The quantitative estimate of drug-likeness (QED) is 0.732. The molecule has 0 aliphatic carbocycles. The van der Waals surface area contributed by atoms with Crippen molar-refractivity contribution >= 4 is 22.2 Å². The standard InChI is InChI=1S/C16H13FN2S/c1-11-15(12-7-3-2-4-8-12)19-16(20-11)18-14-10-6-5-9-13(14)17/h2-10H,1H3,(H,18,19). The molecule has 20 heavy (non-hydrogen) atoms. The number of benzene rings is 2. The van der Waals surface area contributed by atoms with E-state index in [0.717, 1.165) is 16.1 Å². The topological polar surface area (TPSA) is 24.9 Å². The van der Waals surface area contributed by atoms with E-state index in [4.69, 9.17) is 0 Å². The van der Waals surface area contributed by atoms with Gasteiger partial charge in [0.25, 0.3) is 0 Å². The van der Waals surface area contributed by atoms with Crippen LogP contribution in [0.3, 0.4) is 0 Å². The van der Waals surface area contributed by atoms with E-state index in [9.17, 15) is 4.39 Å². The van der Waals surface area contributed by atoms with E-state index in [2.05, 4.69) is 10.3 Å². The van der Waals surface area contributed by atoms with Crippen molar-refractivity contribution < 1.29 is 4.39 Å². The number of thiazole rings is 1. The molecule has 0 saturated heterocycles. The summed E-state index contributed by atoms with van der Waals surface area (Å²) >= 11 is 1.52. The lowest BCUT2D eigenvalue weighted by Gasteiger charge is -2.02. The molecule has 100 valence electrons. The van der Waals surface area contributed by atoms with Crippen LogP contribution in [-0.2, 0) is 0 Å². The number of hydrogen-bond donors (Lipinski definition) is 1. The molecule has 0 saturated carbocycles. The summed E-state index contributed by atoms with van der Waals surface area (Å²) in [7, 11) is 0. The van der Waals surface area contributed by atoms with Crippen LogP contribution in [0, 0.1) is 12.7 Å². The van der Waals surface area contributed by atoms with Crippen LogP contribution < -0.4 is 5.32 Å². The third-order valence-corrected chi connectivity index (χ3v) is 3.85. The average Bonchev–Trinajstić information content (AvgIpc) is 2.83. The molecule has 1 aromatic heterocycles. The Hall–Kier alpha value is -2.20. The van der Waals surface area contributed by atoms with E-state index in [1.165, 1.54) is 17.4 Å². The number of nitrogens with one attached hydrogen (secondary N) is 1. The third-order valence-electron chi connectivity index (χ3n) is 2.96. The first-order valence-electron chi connectivity index (χ1n) is 6.28. The first-order valence-corrected chi connectivity index (χ1v) is 7.10. The van der Waals surface area contributed by atoms with Gasteiger partial charge in [-0.05, 0) is 19.1 Å². The normalized spacial score (nSPS) is 10.5. The molecule has 1 N–H and O–H groups in total. The van der Waals surface area contributed by atoms with Crippen molar-refractivity contribution in [1.29, 1.82) is 0 Å². The maximum absolute atomic E-state index is 13.6. The van der Waals surface area contributed by atoms with E-state index in [1.807, 2.05) is 37.3 Å². The van der Waals surface area contributed by atoms with E-state index < -0.39 is 0 Å². The number of nitrogens with zero attached hydrogens (tertiary/aromatic N) is 1. The Balaban J connectivity index is 1.92. The molecule has 0 unspecified atom stereocenters. The van der Waals surface area contributed by atoms with Gasteiger partial charge in [0.2, 0.25) is 0 Å². The van der Waals surface area contributed by atoms with Crippen LogP contribution in [0.1, 0.15) is 4.88 Å². The van der Waals surface area contributed by atoms with Crippen molar-refractivity contribution in [2.24, 2.45) is 0 Å². The zero-order chi connectivity index (χ0) is 13.9. The molecule has 0 aliphatic heterocycles. The second-order valence-electron chi connectivity index (χ2n) is 4.39. The molecule has 3 rings (SSSR count). The average molecular weight is 284 g/mol. The number of hydrogen-bond acceptors (Lipinski definition) is 3. The highest BCUT2D eigenvalue weighted by molar-refractivity contribution is 7.16. The monoisotopic (exact) mass is 284 g/mol. The molecule has 0 spiro atoms. The summed E-state index contributed by atoms with van der Waals surface area (Å²) < 4.78 is 13.6. The van der Waals surface area contributed by atoms with Crippen molar-refractivity contribution in [3.8, 4) is 11.3 Å². The van der Waals surface area contributed by atoms with Gasteiger partial charge in [-0.25, -0.2) is 9.37 Å². The molecule has 1 heterocycles. The fourth-order valence-electron chi connectivity index (χ4n) is 1.99. The molecule has 2 nitrogen and oxygen atoms in total. The minimum Gasteiger partial charge on any atom is -0.329 e. The van der Waals surface area contributed by atoms with E-state index >= 15 is 0 Å². The lowest BCUT2D eigenvalue weighted by molar-refractivity contribution is 0.632. The zero-order valence-electron chi connectivity index (χ0n) is 10.9. The predicted octanol–water partition coefficient (Wildman–Crippen LogP) is 5.00. The van der Waals surface area contributed by atoms with Gasteiger partial charge in [0.15, 0.2) is 5.13 Å². The molecule has 0 atom stereocenters. The molecule has 0 aliphatic rings. The van der Waals surface area contributed by atoms with Gasteiger partial charge in [-0.1, -0.05) is 42.5 Å². The Labute approximate surface area is 120 Å². The Morgan fingerprint density at radius 3 is 2.45 bits per heavy atom. The maximum Gasteiger partial charge on any atom is 0.188 e. The largest absolute Gasteiger partial charge is 0.329 e. The second-order valence-corrected chi connectivity index (χ2v) is 5.60. The summed E-state index contributed by atoms with van der Waals surface area (Å²) in [6, 6.07) is 16.6. The van der Waals surface area contributed by atoms with Crippen LogP contribution in [0.15, 0.2) is 54.6 Å². The first kappa shape index (κ1) is 12.8. The minimum absolute atomic E-state index is 0.276. The maximum atomic E-state index is 13.6. The van der Waals surface area contributed by atoms with Crippen molar-refractivity contribution in [2.75, 3.05) is 5.32 Å². The first-order chi connectivity index (χ1) is 9.74. The van der Waals surface area contributed by atoms with Crippen LogP contribution in [0.5, 0.6) is 0 Å². The summed E-state index contributed by atoms with van der Waals surface area (Å²) in [5.41, 5.74) is 2.46. The van der Waals surface area contributed by atoms with Gasteiger partial charge in [-0.3, -0.25) is 0 Å². The van der Waals surface area contributed by atoms with Crippen LogP contribution in [-0.4, -0.2) is 4.98 Å². The van der Waals surface area contributed by atoms with E-state index in [0.29, 0.717) is 10.8 Å². The predicted molar refractivity (Wildman–Crippen MR) is 82.0 cm³/mol. The lowest BCUT2D eigenvalue weighted by Crippen LogP contribution is -1.92. The van der Waals surface area contributed by atoms with Gasteiger partial charge in [0.1, 0.15) is 5.82 Å². The van der Waals surface area contributed by atoms with Crippen LogP contribution in [0.4, 0.5) is 15.2 Å². The number of para-hydroxylation sites is 1. The van der Waals surface area contributed by atoms with Crippen molar-refractivity contribution in [3.05, 3.63) is 65.3 Å². The minimum atomic E-state index is -0.276. The fourth-order valence-corrected chi connectivity index (χ4v) is 2.84. The van der Waals surface area contributed by atoms with Gasteiger partial charge in [-0.15, -0.1) is 11.3 Å². The summed E-state index contributed by atoms with van der Waals surface area (Å²) in [6.07, 6.45) is 0. The SMILES string of the molecule is Cc1sc(Nc2ccccc2F)nc1-c1ccccc1. The summed E-state index contributed by atoms with van der Waals surface area (Å²) in [4.78, 5) is 5.66. The highest BCUT2D eigenvalue weighted by Crippen LogP contribution is 2.32. The van der Waals surface area contributed by atoms with Crippen molar-refractivity contribution in [1.82, 2.24) is 4.98 Å². The van der Waals surface area contributed by atoms with Crippen LogP contribution in [0.2, 0.25) is 0 Å². The number of rotatable bonds is 3. The van der Waals surface area contributed by atoms with Crippen LogP contribution >= 0.6 is 11.3 Å². The number of halogens is 1. The van der Waals surface area contributed by atoms with Gasteiger partial charge >= 0.3 is 0 Å². The molecule has 0 radical (unpaired) electrons.